The number of hydrogen-bond acceptors (Lipinski definition) is 3. The van der Waals surface area contributed by atoms with Gasteiger partial charge in [-0.3, -0.25) is 0 Å². The molecule has 2 aliphatic rings. The van der Waals surface area contributed by atoms with Crippen LogP contribution in [0, 0.1) is 11.3 Å². The lowest BCUT2D eigenvalue weighted by atomic mass is 9.50. The third kappa shape index (κ3) is 2.09. The van der Waals surface area contributed by atoms with Crippen molar-refractivity contribution >= 4 is 0 Å². The highest BCUT2D eigenvalue weighted by atomic mass is 16.3. The molecule has 1 aromatic rings. The molecule has 1 saturated carbocycles. The Labute approximate surface area is 126 Å². The van der Waals surface area contributed by atoms with Gasteiger partial charge in [0.15, 0.2) is 0 Å². The molecular formula is C18H26O3. The second-order valence-corrected chi connectivity index (χ2v) is 7.47. The molecule has 0 saturated heterocycles. The lowest BCUT2D eigenvalue weighted by Crippen LogP contribution is -2.50. The first-order chi connectivity index (χ1) is 9.94. The van der Waals surface area contributed by atoms with Crippen molar-refractivity contribution in [2.24, 2.45) is 11.3 Å². The lowest BCUT2D eigenvalue weighted by molar-refractivity contribution is -0.0179. The molecule has 0 radical (unpaired) electrons. The molecular weight excluding hydrogens is 264 g/mol. The largest absolute Gasteiger partial charge is 0.508 e. The molecule has 21 heavy (non-hydrogen) atoms. The van der Waals surface area contributed by atoms with E-state index in [1.807, 2.05) is 12.1 Å². The zero-order chi connectivity index (χ0) is 15.3. The quantitative estimate of drug-likeness (QED) is 0.785. The number of fused-ring (bicyclic) bond motifs is 3. The Balaban J connectivity index is 2.11. The van der Waals surface area contributed by atoms with Gasteiger partial charge in [0.1, 0.15) is 5.75 Å². The third-order valence-electron chi connectivity index (χ3n) is 6.21. The normalized spacial score (nSPS) is 35.1. The number of aromatic hydroxyl groups is 1. The number of aryl methyl sites for hydroxylation is 1. The second-order valence-electron chi connectivity index (χ2n) is 7.47. The lowest BCUT2D eigenvalue weighted by Gasteiger charge is -2.55. The van der Waals surface area contributed by atoms with E-state index in [4.69, 9.17) is 0 Å². The molecule has 0 spiro atoms. The summed E-state index contributed by atoms with van der Waals surface area (Å²) in [5.74, 6) is 0.657. The molecule has 0 aliphatic heterocycles. The van der Waals surface area contributed by atoms with Crippen molar-refractivity contribution < 1.29 is 15.3 Å². The standard InChI is InChI=1S/C18H26O3/c1-17(11-20)6-3-7-18(2)14-9-15(21)13(10-19)8-12(14)4-5-16(17)18/h8-9,16,19-21H,3-7,10-11H2,1-2H3/t16-,17-,18+/m0/s1. The molecule has 116 valence electrons. The maximum Gasteiger partial charge on any atom is 0.121 e. The van der Waals surface area contributed by atoms with Crippen molar-refractivity contribution in [1.29, 1.82) is 0 Å². The summed E-state index contributed by atoms with van der Waals surface area (Å²) in [4.78, 5) is 0. The maximum atomic E-state index is 10.1. The monoisotopic (exact) mass is 290 g/mol. The van der Waals surface area contributed by atoms with Gasteiger partial charge in [-0.15, -0.1) is 0 Å². The van der Waals surface area contributed by atoms with E-state index in [1.54, 1.807) is 0 Å². The van der Waals surface area contributed by atoms with Crippen LogP contribution in [0.2, 0.25) is 0 Å². The molecule has 1 aromatic carbocycles. The van der Waals surface area contributed by atoms with Crippen molar-refractivity contribution in [2.75, 3.05) is 6.61 Å². The molecule has 0 unspecified atom stereocenters. The molecule has 0 aromatic heterocycles. The van der Waals surface area contributed by atoms with Gasteiger partial charge in [0, 0.05) is 12.2 Å². The SMILES string of the molecule is C[C@@]1(CO)CCC[C@]2(C)c3cc(O)c(CO)cc3CC[C@@H]12. The van der Waals surface area contributed by atoms with Crippen LogP contribution in [0.4, 0.5) is 0 Å². The van der Waals surface area contributed by atoms with Gasteiger partial charge in [0.05, 0.1) is 6.61 Å². The van der Waals surface area contributed by atoms with Gasteiger partial charge in [0.2, 0.25) is 0 Å². The van der Waals surface area contributed by atoms with Crippen molar-refractivity contribution in [1.82, 2.24) is 0 Å². The second kappa shape index (κ2) is 4.99. The minimum absolute atomic E-state index is 0.0179. The summed E-state index contributed by atoms with van der Waals surface area (Å²) in [5, 5.41) is 29.4. The van der Waals surface area contributed by atoms with Crippen molar-refractivity contribution in [3.05, 3.63) is 28.8 Å². The average molecular weight is 290 g/mol. The topological polar surface area (TPSA) is 60.7 Å². The Bertz CT molecular complexity index is 554. The predicted molar refractivity (Wildman–Crippen MR) is 82.2 cm³/mol. The highest BCUT2D eigenvalue weighted by Gasteiger charge is 2.51. The van der Waals surface area contributed by atoms with E-state index in [-0.39, 0.29) is 29.8 Å². The fourth-order valence-corrected chi connectivity index (χ4v) is 5.00. The molecule has 3 rings (SSSR count). The number of rotatable bonds is 2. The highest BCUT2D eigenvalue weighted by Crippen LogP contribution is 2.57. The minimum atomic E-state index is -0.117. The van der Waals surface area contributed by atoms with E-state index in [1.165, 1.54) is 11.1 Å². The zero-order valence-corrected chi connectivity index (χ0v) is 13.0. The van der Waals surface area contributed by atoms with Crippen molar-refractivity contribution in [3.8, 4) is 5.75 Å². The van der Waals surface area contributed by atoms with Crippen LogP contribution in [0.1, 0.15) is 56.2 Å². The summed E-state index contributed by atoms with van der Waals surface area (Å²) in [6.45, 7) is 4.62. The first-order valence-electron chi connectivity index (χ1n) is 8.01. The summed E-state index contributed by atoms with van der Waals surface area (Å²) in [6, 6.07) is 3.84. The molecule has 3 heteroatoms. The van der Waals surface area contributed by atoms with Gasteiger partial charge in [0.25, 0.3) is 0 Å². The number of benzene rings is 1. The molecule has 2 aliphatic carbocycles. The highest BCUT2D eigenvalue weighted by molar-refractivity contribution is 5.47. The van der Waals surface area contributed by atoms with Gasteiger partial charge >= 0.3 is 0 Å². The first kappa shape index (κ1) is 14.9. The summed E-state index contributed by atoms with van der Waals surface area (Å²) in [7, 11) is 0. The summed E-state index contributed by atoms with van der Waals surface area (Å²) >= 11 is 0. The van der Waals surface area contributed by atoms with Crippen LogP contribution in [0.25, 0.3) is 0 Å². The zero-order valence-electron chi connectivity index (χ0n) is 13.0. The number of aliphatic hydroxyl groups excluding tert-OH is 2. The Morgan fingerprint density at radius 2 is 1.95 bits per heavy atom. The smallest absolute Gasteiger partial charge is 0.121 e. The van der Waals surface area contributed by atoms with E-state index in [0.717, 1.165) is 32.1 Å². The number of phenols is 1. The maximum absolute atomic E-state index is 10.1. The van der Waals surface area contributed by atoms with Crippen LogP contribution in [0.3, 0.4) is 0 Å². The van der Waals surface area contributed by atoms with Gasteiger partial charge in [-0.05, 0) is 65.7 Å². The molecule has 0 heterocycles. The van der Waals surface area contributed by atoms with Crippen LogP contribution in [0.15, 0.2) is 12.1 Å². The van der Waals surface area contributed by atoms with E-state index < -0.39 is 0 Å². The predicted octanol–water partition coefficient (Wildman–Crippen LogP) is 2.89. The van der Waals surface area contributed by atoms with Crippen LogP contribution in [-0.4, -0.2) is 21.9 Å². The molecule has 3 nitrogen and oxygen atoms in total. The van der Waals surface area contributed by atoms with Crippen LogP contribution in [-0.2, 0) is 18.4 Å². The van der Waals surface area contributed by atoms with Crippen molar-refractivity contribution in [3.63, 3.8) is 0 Å². The van der Waals surface area contributed by atoms with Crippen LogP contribution in [0.5, 0.6) is 5.75 Å². The molecule has 1 fully saturated rings. The fourth-order valence-electron chi connectivity index (χ4n) is 5.00. The van der Waals surface area contributed by atoms with Crippen molar-refractivity contribution in [2.45, 2.75) is 58.0 Å². The van der Waals surface area contributed by atoms with E-state index in [2.05, 4.69) is 13.8 Å². The van der Waals surface area contributed by atoms with E-state index in [9.17, 15) is 15.3 Å². The third-order valence-corrected chi connectivity index (χ3v) is 6.21. The average Bonchev–Trinajstić information content (AvgIpc) is 2.47. The number of hydrogen-bond donors (Lipinski definition) is 3. The molecule has 0 amide bonds. The molecule has 3 N–H and O–H groups in total. The Hall–Kier alpha value is -1.06. The van der Waals surface area contributed by atoms with Gasteiger partial charge in [-0.2, -0.15) is 0 Å². The summed E-state index contributed by atoms with van der Waals surface area (Å²) in [5.41, 5.74) is 3.12. The molecule has 3 atom stereocenters. The van der Waals surface area contributed by atoms with Gasteiger partial charge in [-0.25, -0.2) is 0 Å². The molecule has 0 bridgehead atoms. The van der Waals surface area contributed by atoms with Crippen LogP contribution < -0.4 is 0 Å². The van der Waals surface area contributed by atoms with Gasteiger partial charge < -0.3 is 15.3 Å². The number of aliphatic hydroxyl groups is 2. The Morgan fingerprint density at radius 3 is 2.62 bits per heavy atom. The first-order valence-corrected chi connectivity index (χ1v) is 8.01. The summed E-state index contributed by atoms with van der Waals surface area (Å²) < 4.78 is 0. The van der Waals surface area contributed by atoms with E-state index >= 15 is 0 Å². The minimum Gasteiger partial charge on any atom is -0.508 e. The van der Waals surface area contributed by atoms with Gasteiger partial charge in [-0.1, -0.05) is 20.3 Å². The Morgan fingerprint density at radius 1 is 1.19 bits per heavy atom. The Kier molecular flexibility index (Phi) is 3.53. The summed E-state index contributed by atoms with van der Waals surface area (Å²) in [6.07, 6.45) is 5.36. The van der Waals surface area contributed by atoms with E-state index in [0.29, 0.717) is 11.5 Å². The van der Waals surface area contributed by atoms with Crippen LogP contribution >= 0.6 is 0 Å². The fraction of sp³-hybridized carbons (Fsp3) is 0.667.